The van der Waals surface area contributed by atoms with Gasteiger partial charge in [-0.2, -0.15) is 0 Å². The average molecular weight is 463 g/mol. The number of ether oxygens (including phenoxy) is 1. The molecule has 5 aromatic rings. The number of pyridine rings is 1. The molecule has 0 aliphatic carbocycles. The summed E-state index contributed by atoms with van der Waals surface area (Å²) in [6, 6.07) is 26.5. The zero-order valence-corrected chi connectivity index (χ0v) is 19.3. The van der Waals surface area contributed by atoms with Gasteiger partial charge in [-0.05, 0) is 52.1 Å². The van der Waals surface area contributed by atoms with E-state index in [1.807, 2.05) is 48.8 Å². The maximum Gasteiger partial charge on any atom is 0.303 e. The number of hydrogen-bond acceptors (Lipinski definition) is 3. The van der Waals surface area contributed by atoms with Crippen molar-refractivity contribution in [2.75, 3.05) is 0 Å². The van der Waals surface area contributed by atoms with Crippen molar-refractivity contribution in [2.45, 2.75) is 25.9 Å². The third kappa shape index (κ3) is 5.41. The first-order valence-electron chi connectivity index (χ1n) is 11.7. The number of benzene rings is 3. The Morgan fingerprint density at radius 3 is 2.54 bits per heavy atom. The summed E-state index contributed by atoms with van der Waals surface area (Å²) >= 11 is 0. The number of aromatic nitrogens is 2. The molecule has 35 heavy (non-hydrogen) atoms. The fourth-order valence-electron chi connectivity index (χ4n) is 4.37. The molecule has 0 fully saturated rings. The van der Waals surface area contributed by atoms with Crippen molar-refractivity contribution in [1.82, 2.24) is 9.97 Å². The highest BCUT2D eigenvalue weighted by Crippen LogP contribution is 2.30. The Bertz CT molecular complexity index is 1440. The predicted octanol–water partition coefficient (Wildman–Crippen LogP) is 6.42. The summed E-state index contributed by atoms with van der Waals surface area (Å²) in [5.41, 5.74) is 6.48. The molecule has 5 heteroatoms. The lowest BCUT2D eigenvalue weighted by atomic mass is 9.96. The quantitative estimate of drug-likeness (QED) is 0.265. The highest BCUT2D eigenvalue weighted by atomic mass is 16.5. The number of carboxylic acids is 1. The van der Waals surface area contributed by atoms with Crippen molar-refractivity contribution in [2.24, 2.45) is 0 Å². The van der Waals surface area contributed by atoms with Gasteiger partial charge in [0.05, 0.1) is 0 Å². The van der Waals surface area contributed by atoms with Crippen molar-refractivity contribution >= 4 is 16.7 Å². The molecule has 0 aliphatic heterocycles. The molecule has 0 bridgehead atoms. The third-order valence-corrected chi connectivity index (χ3v) is 6.14. The van der Waals surface area contributed by atoms with Crippen molar-refractivity contribution in [3.8, 4) is 16.9 Å². The topological polar surface area (TPSA) is 75.2 Å². The highest BCUT2D eigenvalue weighted by Gasteiger charge is 2.15. The number of aliphatic carboxylic acids is 1. The number of H-pyrrole nitrogens is 1. The molecule has 5 rings (SSSR count). The van der Waals surface area contributed by atoms with Crippen LogP contribution < -0.4 is 4.74 Å². The van der Waals surface area contributed by atoms with Crippen LogP contribution in [0.4, 0.5) is 0 Å². The lowest BCUT2D eigenvalue weighted by molar-refractivity contribution is -0.136. The molecular weight excluding hydrogens is 436 g/mol. The van der Waals surface area contributed by atoms with E-state index >= 15 is 0 Å². The van der Waals surface area contributed by atoms with Crippen molar-refractivity contribution in [3.63, 3.8) is 0 Å². The van der Waals surface area contributed by atoms with Gasteiger partial charge in [0.1, 0.15) is 12.4 Å². The van der Waals surface area contributed by atoms with Gasteiger partial charge in [-0.1, -0.05) is 60.7 Å². The maximum absolute atomic E-state index is 11.3. The van der Waals surface area contributed by atoms with Gasteiger partial charge in [-0.3, -0.25) is 9.78 Å². The summed E-state index contributed by atoms with van der Waals surface area (Å²) in [5.74, 6) is 0.0327. The summed E-state index contributed by atoms with van der Waals surface area (Å²) in [5, 5.41) is 11.5. The largest absolute Gasteiger partial charge is 0.489 e. The second-order valence-corrected chi connectivity index (χ2v) is 8.59. The smallest absolute Gasteiger partial charge is 0.303 e. The fraction of sp³-hybridized carbons (Fsp3) is 0.133. The molecule has 5 nitrogen and oxygen atoms in total. The third-order valence-electron chi connectivity index (χ3n) is 6.14. The lowest BCUT2D eigenvalue weighted by Gasteiger charge is -2.10. The van der Waals surface area contributed by atoms with Crippen LogP contribution in [0.3, 0.4) is 0 Å². The molecule has 0 spiro atoms. The molecule has 0 radical (unpaired) electrons. The molecule has 174 valence electrons. The number of fused-ring (bicyclic) bond motifs is 1. The summed E-state index contributed by atoms with van der Waals surface area (Å²) in [6.45, 7) is 0.479. The molecule has 0 saturated heterocycles. The molecule has 0 amide bonds. The van der Waals surface area contributed by atoms with Crippen LogP contribution in [0.2, 0.25) is 0 Å². The van der Waals surface area contributed by atoms with Crippen LogP contribution in [-0.4, -0.2) is 21.0 Å². The zero-order chi connectivity index (χ0) is 24.0. The number of nitrogens with zero attached hydrogens (tertiary/aromatic N) is 1. The monoisotopic (exact) mass is 462 g/mol. The lowest BCUT2D eigenvalue weighted by Crippen LogP contribution is -2.01. The molecule has 0 saturated carbocycles. The highest BCUT2D eigenvalue weighted by molar-refractivity contribution is 5.84. The summed E-state index contributed by atoms with van der Waals surface area (Å²) in [4.78, 5) is 18.8. The van der Waals surface area contributed by atoms with E-state index in [9.17, 15) is 9.90 Å². The molecule has 0 aliphatic rings. The normalized spacial score (nSPS) is 11.0. The van der Waals surface area contributed by atoms with Crippen LogP contribution in [0.5, 0.6) is 5.75 Å². The molecule has 0 unspecified atom stereocenters. The van der Waals surface area contributed by atoms with Gasteiger partial charge < -0.3 is 14.8 Å². The van der Waals surface area contributed by atoms with Gasteiger partial charge >= 0.3 is 5.97 Å². The second kappa shape index (κ2) is 10.3. The number of rotatable bonds is 9. The molecule has 3 aromatic carbocycles. The van der Waals surface area contributed by atoms with Crippen LogP contribution in [0.25, 0.3) is 21.9 Å². The van der Waals surface area contributed by atoms with E-state index in [0.29, 0.717) is 19.4 Å². The van der Waals surface area contributed by atoms with E-state index in [1.165, 1.54) is 5.56 Å². The van der Waals surface area contributed by atoms with Gasteiger partial charge in [-0.25, -0.2) is 0 Å². The minimum atomic E-state index is -0.789. The molecule has 2 aromatic heterocycles. The standard InChI is InChI=1S/C30H26N2O3/c33-30(34)13-12-27-28(23-6-2-1-3-7-23)19-32-29(27)16-21-8-9-25-17-26(11-10-24(25)15-21)35-20-22-5-4-14-31-18-22/h1-11,14-15,17-19,32H,12-13,16,20H2,(H,33,34). The first kappa shape index (κ1) is 22.4. The minimum Gasteiger partial charge on any atom is -0.489 e. The van der Waals surface area contributed by atoms with E-state index < -0.39 is 5.97 Å². The SMILES string of the molecule is O=C(O)CCc1c(-c2ccccc2)c[nH]c1Cc1ccc2cc(OCc3cccnc3)ccc2c1. The Balaban J connectivity index is 1.37. The number of carboxylic acid groups (broad SMARTS) is 1. The van der Waals surface area contributed by atoms with Crippen LogP contribution in [-0.2, 0) is 24.2 Å². The van der Waals surface area contributed by atoms with Crippen molar-refractivity contribution < 1.29 is 14.6 Å². The molecular formula is C30H26N2O3. The first-order chi connectivity index (χ1) is 17.2. The van der Waals surface area contributed by atoms with Crippen LogP contribution in [0.15, 0.2) is 97.5 Å². The zero-order valence-electron chi connectivity index (χ0n) is 19.3. The van der Waals surface area contributed by atoms with Crippen molar-refractivity contribution in [1.29, 1.82) is 0 Å². The van der Waals surface area contributed by atoms with E-state index in [0.717, 1.165) is 44.5 Å². The van der Waals surface area contributed by atoms with Crippen LogP contribution >= 0.6 is 0 Å². The Kier molecular flexibility index (Phi) is 6.57. The predicted molar refractivity (Wildman–Crippen MR) is 138 cm³/mol. The fourth-order valence-corrected chi connectivity index (χ4v) is 4.37. The van der Waals surface area contributed by atoms with E-state index in [1.54, 1.807) is 6.20 Å². The van der Waals surface area contributed by atoms with E-state index in [-0.39, 0.29) is 6.42 Å². The molecule has 2 heterocycles. The second-order valence-electron chi connectivity index (χ2n) is 8.59. The van der Waals surface area contributed by atoms with E-state index in [2.05, 4.69) is 52.4 Å². The number of carbonyl (C=O) groups is 1. The van der Waals surface area contributed by atoms with Gasteiger partial charge in [0, 0.05) is 48.3 Å². The van der Waals surface area contributed by atoms with Crippen LogP contribution in [0, 0.1) is 0 Å². The number of nitrogens with one attached hydrogen (secondary N) is 1. The Morgan fingerprint density at radius 1 is 0.914 bits per heavy atom. The number of aromatic amines is 1. The Labute approximate surface area is 204 Å². The van der Waals surface area contributed by atoms with Gasteiger partial charge in [-0.15, -0.1) is 0 Å². The van der Waals surface area contributed by atoms with E-state index in [4.69, 9.17) is 4.74 Å². The summed E-state index contributed by atoms with van der Waals surface area (Å²) < 4.78 is 5.94. The van der Waals surface area contributed by atoms with Gasteiger partial charge in [0.15, 0.2) is 0 Å². The molecule has 0 atom stereocenters. The van der Waals surface area contributed by atoms with Crippen molar-refractivity contribution in [3.05, 3.63) is 120 Å². The number of hydrogen-bond donors (Lipinski definition) is 2. The Hall–Kier alpha value is -4.38. The maximum atomic E-state index is 11.3. The summed E-state index contributed by atoms with van der Waals surface area (Å²) in [6.07, 6.45) is 6.85. The van der Waals surface area contributed by atoms with Gasteiger partial charge in [0.25, 0.3) is 0 Å². The minimum absolute atomic E-state index is 0.101. The average Bonchev–Trinajstić information content (AvgIpc) is 3.29. The Morgan fingerprint density at radius 2 is 1.74 bits per heavy atom. The summed E-state index contributed by atoms with van der Waals surface area (Å²) in [7, 11) is 0. The molecule has 2 N–H and O–H groups in total. The van der Waals surface area contributed by atoms with Crippen LogP contribution in [0.1, 0.15) is 28.8 Å². The first-order valence-corrected chi connectivity index (χ1v) is 11.7. The van der Waals surface area contributed by atoms with Gasteiger partial charge in [0.2, 0.25) is 0 Å².